The van der Waals surface area contributed by atoms with Crippen molar-refractivity contribution in [1.82, 2.24) is 0 Å². The summed E-state index contributed by atoms with van der Waals surface area (Å²) in [5.74, 6) is 0.0823. The highest BCUT2D eigenvalue weighted by molar-refractivity contribution is 5.82. The minimum atomic E-state index is 0.0823. The van der Waals surface area contributed by atoms with Gasteiger partial charge in [0.25, 0.3) is 0 Å². The van der Waals surface area contributed by atoms with Crippen LogP contribution in [0.15, 0.2) is 0 Å². The van der Waals surface area contributed by atoms with Crippen LogP contribution in [0, 0.1) is 5.92 Å². The quantitative estimate of drug-likeness (QED) is 0.532. The third-order valence-corrected chi connectivity index (χ3v) is 2.13. The average Bonchev–Trinajstić information content (AvgIpc) is 2.09. The van der Waals surface area contributed by atoms with E-state index in [1.54, 1.807) is 7.11 Å². The molecule has 0 bridgehead atoms. The van der Waals surface area contributed by atoms with Gasteiger partial charge >= 0.3 is 0 Å². The summed E-state index contributed by atoms with van der Waals surface area (Å²) < 4.78 is 10.3. The van der Waals surface area contributed by atoms with Crippen LogP contribution in [-0.2, 0) is 9.47 Å². The van der Waals surface area contributed by atoms with Crippen molar-refractivity contribution in [1.29, 1.82) is 0 Å². The third-order valence-electron chi connectivity index (χ3n) is 2.13. The maximum atomic E-state index is 8.95. The van der Waals surface area contributed by atoms with Gasteiger partial charge in [-0.3, -0.25) is 5.41 Å². The Kier molecular flexibility index (Phi) is 3.65. The first-order chi connectivity index (χ1) is 5.77. The third kappa shape index (κ3) is 2.27. The fourth-order valence-corrected chi connectivity index (χ4v) is 1.36. The molecule has 0 radical (unpaired) electrons. The molecule has 3 N–H and O–H groups in total. The summed E-state index contributed by atoms with van der Waals surface area (Å²) in [6.45, 7) is 1.12. The maximum absolute atomic E-state index is 8.95. The molecular formula is C8H16NO3+. The molecule has 0 aromatic carbocycles. The summed E-state index contributed by atoms with van der Waals surface area (Å²) in [7, 11) is 1.64. The van der Waals surface area contributed by atoms with Crippen LogP contribution in [0.25, 0.3) is 0 Å². The van der Waals surface area contributed by atoms with Crippen LogP contribution in [0.2, 0.25) is 0 Å². The number of aliphatic hydroxyl groups excluding tert-OH is 1. The highest BCUT2D eigenvalue weighted by atomic mass is 16.5. The fourth-order valence-electron chi connectivity index (χ4n) is 1.36. The lowest BCUT2D eigenvalue weighted by molar-refractivity contribution is -0.142. The number of ether oxygens (including phenoxy) is 2. The molecule has 1 heterocycles. The van der Waals surface area contributed by atoms with Gasteiger partial charge in [-0.25, -0.2) is 0 Å². The Morgan fingerprint density at radius 2 is 2.50 bits per heavy atom. The Morgan fingerprint density at radius 1 is 1.75 bits per heavy atom. The van der Waals surface area contributed by atoms with Crippen molar-refractivity contribution in [2.24, 2.45) is 5.92 Å². The molecule has 1 aliphatic heterocycles. The largest absolute Gasteiger partial charge is 0.396 e. The predicted octanol–water partition coefficient (Wildman–Crippen LogP) is -1.77. The monoisotopic (exact) mass is 174 g/mol. The summed E-state index contributed by atoms with van der Waals surface area (Å²) in [5.41, 5.74) is 0.741. The van der Waals surface area contributed by atoms with Crippen molar-refractivity contribution in [3.05, 3.63) is 0 Å². The lowest BCUT2D eigenvalue weighted by atomic mass is 9.95. The van der Waals surface area contributed by atoms with Gasteiger partial charge in [-0.1, -0.05) is 0 Å². The van der Waals surface area contributed by atoms with Gasteiger partial charge in [0.1, 0.15) is 6.61 Å². The number of methoxy groups -OCH3 is 1. The number of nitrogens with two attached hydrogens (primary N) is 1. The van der Waals surface area contributed by atoms with Crippen molar-refractivity contribution in [3.63, 3.8) is 0 Å². The van der Waals surface area contributed by atoms with Gasteiger partial charge in [0.05, 0.1) is 25.2 Å². The molecular weight excluding hydrogens is 158 g/mol. The summed E-state index contributed by atoms with van der Waals surface area (Å²) in [4.78, 5) is 0. The molecule has 0 spiro atoms. The summed E-state index contributed by atoms with van der Waals surface area (Å²) in [6.07, 6.45) is 0.843. The molecule has 4 nitrogen and oxygen atoms in total. The first-order valence-corrected chi connectivity index (χ1v) is 4.10. The van der Waals surface area contributed by atoms with Crippen LogP contribution in [0.5, 0.6) is 0 Å². The van der Waals surface area contributed by atoms with E-state index < -0.39 is 0 Å². The van der Waals surface area contributed by atoms with Crippen LogP contribution in [0.3, 0.4) is 0 Å². The molecule has 1 aliphatic rings. The topological polar surface area (TPSA) is 64.3 Å². The molecule has 0 aromatic rings. The molecule has 0 aromatic heterocycles. The van der Waals surface area contributed by atoms with Crippen molar-refractivity contribution < 1.29 is 20.0 Å². The van der Waals surface area contributed by atoms with Crippen LogP contribution < -0.4 is 5.41 Å². The molecule has 4 heteroatoms. The maximum Gasteiger partial charge on any atom is 0.180 e. The van der Waals surface area contributed by atoms with Gasteiger partial charge in [-0.2, -0.15) is 0 Å². The van der Waals surface area contributed by atoms with E-state index in [1.807, 2.05) is 0 Å². The number of rotatable bonds is 3. The minimum absolute atomic E-state index is 0.0823. The highest BCUT2D eigenvalue weighted by Gasteiger charge is 2.29. The fraction of sp³-hybridized carbons (Fsp3) is 0.875. The molecule has 70 valence electrons. The van der Waals surface area contributed by atoms with E-state index in [0.717, 1.165) is 12.1 Å². The van der Waals surface area contributed by atoms with Gasteiger partial charge < -0.3 is 14.6 Å². The number of aliphatic hydroxyl groups is 1. The van der Waals surface area contributed by atoms with Gasteiger partial charge in [0, 0.05) is 7.11 Å². The second-order valence-electron chi connectivity index (χ2n) is 3.08. The van der Waals surface area contributed by atoms with E-state index in [0.29, 0.717) is 13.2 Å². The van der Waals surface area contributed by atoms with Crippen LogP contribution >= 0.6 is 0 Å². The summed E-state index contributed by atoms with van der Waals surface area (Å²) >= 11 is 0. The van der Waals surface area contributed by atoms with Crippen molar-refractivity contribution in [2.45, 2.75) is 12.5 Å². The molecule has 1 rings (SSSR count). The van der Waals surface area contributed by atoms with E-state index in [9.17, 15) is 0 Å². The molecule has 0 aliphatic carbocycles. The highest BCUT2D eigenvalue weighted by Crippen LogP contribution is 2.15. The Labute approximate surface area is 72.0 Å². The van der Waals surface area contributed by atoms with E-state index in [4.69, 9.17) is 20.0 Å². The smallest absolute Gasteiger partial charge is 0.180 e. The van der Waals surface area contributed by atoms with Gasteiger partial charge in [0.2, 0.25) is 0 Å². The van der Waals surface area contributed by atoms with E-state index in [-0.39, 0.29) is 18.6 Å². The van der Waals surface area contributed by atoms with Gasteiger partial charge in [0.15, 0.2) is 5.71 Å². The zero-order valence-electron chi connectivity index (χ0n) is 7.32. The van der Waals surface area contributed by atoms with E-state index in [2.05, 4.69) is 0 Å². The summed E-state index contributed by atoms with van der Waals surface area (Å²) in [5, 5.41) is 14.6. The Hall–Kier alpha value is -0.450. The molecule has 1 fully saturated rings. The zero-order valence-corrected chi connectivity index (χ0v) is 7.32. The Morgan fingerprint density at radius 3 is 3.08 bits per heavy atom. The lowest BCUT2D eigenvalue weighted by Gasteiger charge is -2.25. The summed E-state index contributed by atoms with van der Waals surface area (Å²) in [6, 6.07) is 0. The molecule has 1 unspecified atom stereocenters. The van der Waals surface area contributed by atoms with E-state index >= 15 is 0 Å². The SMILES string of the molecule is COCC1C[C@@H](CO)C(=[NH2+])CO1. The second-order valence-corrected chi connectivity index (χ2v) is 3.08. The first-order valence-electron chi connectivity index (χ1n) is 4.10. The minimum Gasteiger partial charge on any atom is -0.396 e. The van der Waals surface area contributed by atoms with Gasteiger partial charge in [-0.05, 0) is 6.42 Å². The normalized spacial score (nSPS) is 30.7. The molecule has 0 saturated carbocycles. The van der Waals surface area contributed by atoms with Gasteiger partial charge in [-0.15, -0.1) is 0 Å². The predicted molar refractivity (Wildman–Crippen MR) is 43.7 cm³/mol. The van der Waals surface area contributed by atoms with Crippen LogP contribution in [0.4, 0.5) is 0 Å². The van der Waals surface area contributed by atoms with Crippen LogP contribution in [-0.4, -0.2) is 43.9 Å². The van der Waals surface area contributed by atoms with Crippen molar-refractivity contribution in [3.8, 4) is 0 Å². The number of hydrogen-bond donors (Lipinski definition) is 2. The zero-order chi connectivity index (χ0) is 8.97. The average molecular weight is 174 g/mol. The van der Waals surface area contributed by atoms with Crippen molar-refractivity contribution >= 4 is 5.71 Å². The Bertz CT molecular complexity index is 160. The standard InChI is InChI=1S/C8H15NO3/c1-11-4-7-2-6(3-10)8(9)5-12-7/h6-7,9-10H,2-5H2,1H3/p+1/t6-,7?/m0/s1. The molecule has 2 atom stereocenters. The molecule has 1 saturated heterocycles. The van der Waals surface area contributed by atoms with E-state index in [1.165, 1.54) is 0 Å². The number of hydrogen-bond acceptors (Lipinski definition) is 3. The first kappa shape index (κ1) is 9.64. The van der Waals surface area contributed by atoms with Crippen molar-refractivity contribution in [2.75, 3.05) is 26.9 Å². The Balaban J connectivity index is 2.38. The second kappa shape index (κ2) is 4.54. The van der Waals surface area contributed by atoms with Crippen LogP contribution in [0.1, 0.15) is 6.42 Å². The molecule has 0 amide bonds. The molecule has 12 heavy (non-hydrogen) atoms. The lowest BCUT2D eigenvalue weighted by Crippen LogP contribution is -2.53.